The van der Waals surface area contributed by atoms with Gasteiger partial charge >= 0.3 is 0 Å². The highest BCUT2D eigenvalue weighted by Crippen LogP contribution is 2.24. The summed E-state index contributed by atoms with van der Waals surface area (Å²) in [6.07, 6.45) is 2.42. The van der Waals surface area contributed by atoms with Crippen molar-refractivity contribution in [3.63, 3.8) is 0 Å². The first kappa shape index (κ1) is 18.4. The number of rotatable bonds is 6. The van der Waals surface area contributed by atoms with E-state index in [1.807, 2.05) is 4.68 Å². The monoisotopic (exact) mass is 347 g/mol. The molecule has 2 saturated heterocycles. The molecule has 1 aromatic rings. The van der Waals surface area contributed by atoms with E-state index in [0.717, 1.165) is 58.2 Å². The van der Waals surface area contributed by atoms with Crippen molar-refractivity contribution >= 4 is 5.82 Å². The van der Waals surface area contributed by atoms with Gasteiger partial charge in [-0.2, -0.15) is 5.10 Å². The summed E-state index contributed by atoms with van der Waals surface area (Å²) >= 11 is 0. The summed E-state index contributed by atoms with van der Waals surface area (Å²) in [5, 5.41) is 8.46. The van der Waals surface area contributed by atoms with Gasteiger partial charge in [-0.25, -0.2) is 0 Å². The molecule has 6 heteroatoms. The highest BCUT2D eigenvalue weighted by molar-refractivity contribution is 5.50. The Morgan fingerprint density at radius 2 is 1.92 bits per heavy atom. The molecule has 0 saturated carbocycles. The van der Waals surface area contributed by atoms with Crippen LogP contribution < -0.4 is 10.2 Å². The predicted molar refractivity (Wildman–Crippen MR) is 102 cm³/mol. The van der Waals surface area contributed by atoms with Crippen LogP contribution in [0.4, 0.5) is 5.82 Å². The SMILES string of the molecule is C=C(C)CN1CCC(NCc2c(C)nn(C)c2N2CCOCC2)CC1. The number of aromatic nitrogens is 2. The van der Waals surface area contributed by atoms with Gasteiger partial charge in [0, 0.05) is 44.8 Å². The molecule has 25 heavy (non-hydrogen) atoms. The third-order valence-corrected chi connectivity index (χ3v) is 5.27. The van der Waals surface area contributed by atoms with Gasteiger partial charge < -0.3 is 15.0 Å². The Bertz CT molecular complexity index is 583. The smallest absolute Gasteiger partial charge is 0.131 e. The molecule has 1 aromatic heterocycles. The van der Waals surface area contributed by atoms with Crippen LogP contribution in [0.5, 0.6) is 0 Å². The predicted octanol–water partition coefficient (Wildman–Crippen LogP) is 1.70. The van der Waals surface area contributed by atoms with E-state index in [1.54, 1.807) is 0 Å². The molecule has 2 aliphatic heterocycles. The summed E-state index contributed by atoms with van der Waals surface area (Å²) in [4.78, 5) is 4.92. The minimum absolute atomic E-state index is 0.596. The second-order valence-corrected chi connectivity index (χ2v) is 7.50. The van der Waals surface area contributed by atoms with Crippen LogP contribution >= 0.6 is 0 Å². The van der Waals surface area contributed by atoms with E-state index in [2.05, 4.69) is 47.7 Å². The first-order chi connectivity index (χ1) is 12.0. The van der Waals surface area contributed by atoms with Crippen molar-refractivity contribution < 1.29 is 4.74 Å². The van der Waals surface area contributed by atoms with E-state index in [0.29, 0.717) is 6.04 Å². The Morgan fingerprint density at radius 3 is 2.56 bits per heavy atom. The van der Waals surface area contributed by atoms with Gasteiger partial charge in [0.2, 0.25) is 0 Å². The van der Waals surface area contributed by atoms with Crippen LogP contribution in [0.15, 0.2) is 12.2 Å². The van der Waals surface area contributed by atoms with E-state index >= 15 is 0 Å². The molecule has 6 nitrogen and oxygen atoms in total. The average Bonchev–Trinajstić information content (AvgIpc) is 2.88. The lowest BCUT2D eigenvalue weighted by molar-refractivity contribution is 0.122. The Morgan fingerprint density at radius 1 is 1.24 bits per heavy atom. The number of morpholine rings is 1. The standard InChI is InChI=1S/C19H33N5O/c1-15(2)14-23-7-5-17(6-8-23)20-13-18-16(3)21-22(4)19(18)24-9-11-25-12-10-24/h17,20H,1,5-14H2,2-4H3. The zero-order chi connectivity index (χ0) is 17.8. The van der Waals surface area contributed by atoms with E-state index in [1.165, 1.54) is 29.8 Å². The molecule has 0 atom stereocenters. The molecule has 1 N–H and O–H groups in total. The van der Waals surface area contributed by atoms with Crippen LogP contribution in [0.1, 0.15) is 31.0 Å². The summed E-state index contributed by atoms with van der Waals surface area (Å²) in [5.74, 6) is 1.26. The van der Waals surface area contributed by atoms with Gasteiger partial charge in [-0.05, 0) is 39.8 Å². The highest BCUT2D eigenvalue weighted by Gasteiger charge is 2.23. The minimum atomic E-state index is 0.596. The van der Waals surface area contributed by atoms with Crippen molar-refractivity contribution in [2.75, 3.05) is 50.8 Å². The van der Waals surface area contributed by atoms with Crippen LogP contribution in [0, 0.1) is 6.92 Å². The van der Waals surface area contributed by atoms with Gasteiger partial charge in [-0.15, -0.1) is 0 Å². The fourth-order valence-corrected chi connectivity index (χ4v) is 3.99. The van der Waals surface area contributed by atoms with Crippen LogP contribution in [0.2, 0.25) is 0 Å². The normalized spacial score (nSPS) is 20.2. The zero-order valence-electron chi connectivity index (χ0n) is 16.1. The number of aryl methyl sites for hydroxylation is 2. The molecule has 0 aromatic carbocycles. The van der Waals surface area contributed by atoms with Crippen molar-refractivity contribution in [1.29, 1.82) is 0 Å². The number of piperidine rings is 1. The van der Waals surface area contributed by atoms with Crippen molar-refractivity contribution in [1.82, 2.24) is 20.0 Å². The van der Waals surface area contributed by atoms with Crippen LogP contribution in [-0.4, -0.2) is 66.7 Å². The van der Waals surface area contributed by atoms with Gasteiger partial charge in [-0.3, -0.25) is 9.58 Å². The van der Waals surface area contributed by atoms with Crippen molar-refractivity contribution in [2.24, 2.45) is 7.05 Å². The third-order valence-electron chi connectivity index (χ3n) is 5.27. The maximum atomic E-state index is 5.50. The zero-order valence-corrected chi connectivity index (χ0v) is 16.1. The molecule has 2 fully saturated rings. The molecule has 0 bridgehead atoms. The van der Waals surface area contributed by atoms with Gasteiger partial charge in [-0.1, -0.05) is 12.2 Å². The Labute approximate surface area is 151 Å². The summed E-state index contributed by atoms with van der Waals surface area (Å²) < 4.78 is 7.54. The molecule has 0 spiro atoms. The molecule has 0 aliphatic carbocycles. The van der Waals surface area contributed by atoms with E-state index in [9.17, 15) is 0 Å². The molecule has 0 radical (unpaired) electrons. The molecule has 0 amide bonds. The molecular weight excluding hydrogens is 314 g/mol. The Hall–Kier alpha value is -1.37. The van der Waals surface area contributed by atoms with Gasteiger partial charge in [0.15, 0.2) is 0 Å². The summed E-state index contributed by atoms with van der Waals surface area (Å²) in [5.41, 5.74) is 3.73. The van der Waals surface area contributed by atoms with Crippen LogP contribution in [0.3, 0.4) is 0 Å². The molecule has 2 aliphatic rings. The largest absolute Gasteiger partial charge is 0.378 e. The number of likely N-dealkylation sites (tertiary alicyclic amines) is 1. The fraction of sp³-hybridized carbons (Fsp3) is 0.737. The van der Waals surface area contributed by atoms with Crippen LogP contribution in [-0.2, 0) is 18.3 Å². The molecular formula is C19H33N5O. The maximum absolute atomic E-state index is 5.50. The Balaban J connectivity index is 1.57. The fourth-order valence-electron chi connectivity index (χ4n) is 3.99. The lowest BCUT2D eigenvalue weighted by atomic mass is 10.0. The molecule has 3 rings (SSSR count). The first-order valence-electron chi connectivity index (χ1n) is 9.50. The topological polar surface area (TPSA) is 45.6 Å². The highest BCUT2D eigenvalue weighted by atomic mass is 16.5. The number of nitrogens with one attached hydrogen (secondary N) is 1. The van der Waals surface area contributed by atoms with E-state index in [4.69, 9.17) is 4.74 Å². The number of hydrogen-bond acceptors (Lipinski definition) is 5. The van der Waals surface area contributed by atoms with Gasteiger partial charge in [0.25, 0.3) is 0 Å². The lowest BCUT2D eigenvalue weighted by Crippen LogP contribution is -2.43. The third kappa shape index (κ3) is 4.63. The summed E-state index contributed by atoms with van der Waals surface area (Å²) in [6, 6.07) is 0.596. The van der Waals surface area contributed by atoms with Gasteiger partial charge in [0.05, 0.1) is 18.9 Å². The van der Waals surface area contributed by atoms with Crippen LogP contribution in [0.25, 0.3) is 0 Å². The number of nitrogens with zero attached hydrogens (tertiary/aromatic N) is 4. The average molecular weight is 348 g/mol. The quantitative estimate of drug-likeness (QED) is 0.794. The van der Waals surface area contributed by atoms with Crippen molar-refractivity contribution in [3.05, 3.63) is 23.4 Å². The molecule has 0 unspecified atom stereocenters. The second-order valence-electron chi connectivity index (χ2n) is 7.50. The Kier molecular flexibility index (Phi) is 6.15. The number of hydrogen-bond donors (Lipinski definition) is 1. The first-order valence-corrected chi connectivity index (χ1v) is 9.50. The summed E-state index contributed by atoms with van der Waals surface area (Å²) in [6.45, 7) is 16.0. The van der Waals surface area contributed by atoms with Gasteiger partial charge in [0.1, 0.15) is 5.82 Å². The number of anilines is 1. The second kappa shape index (κ2) is 8.34. The number of ether oxygens (including phenoxy) is 1. The van der Waals surface area contributed by atoms with Crippen molar-refractivity contribution in [3.8, 4) is 0 Å². The minimum Gasteiger partial charge on any atom is -0.378 e. The van der Waals surface area contributed by atoms with Crippen molar-refractivity contribution in [2.45, 2.75) is 39.3 Å². The maximum Gasteiger partial charge on any atom is 0.131 e. The lowest BCUT2D eigenvalue weighted by Gasteiger charge is -2.33. The molecule has 3 heterocycles. The molecule has 140 valence electrons. The van der Waals surface area contributed by atoms with E-state index < -0.39 is 0 Å². The summed E-state index contributed by atoms with van der Waals surface area (Å²) in [7, 11) is 2.05. The van der Waals surface area contributed by atoms with E-state index in [-0.39, 0.29) is 0 Å².